The molecule has 2 atom stereocenters. The summed E-state index contributed by atoms with van der Waals surface area (Å²) >= 11 is 0. The monoisotopic (exact) mass is 408 g/mol. The van der Waals surface area contributed by atoms with E-state index < -0.39 is 15.3 Å². The molecule has 1 aromatic carbocycles. The van der Waals surface area contributed by atoms with Crippen molar-refractivity contribution in [3.8, 4) is 0 Å². The fourth-order valence-electron chi connectivity index (χ4n) is 4.07. The van der Waals surface area contributed by atoms with Gasteiger partial charge in [-0.05, 0) is 81.4 Å². The molecule has 2 unspecified atom stereocenters. The number of sulfonamides is 1. The zero-order chi connectivity index (χ0) is 20.7. The first kappa shape index (κ1) is 22.9. The van der Waals surface area contributed by atoms with Crippen LogP contribution in [0, 0.1) is 11.8 Å². The van der Waals surface area contributed by atoms with Gasteiger partial charge in [0.2, 0.25) is 15.9 Å². The largest absolute Gasteiger partial charge is 0.326 e. The van der Waals surface area contributed by atoms with Crippen molar-refractivity contribution in [1.82, 2.24) is 4.72 Å². The molecule has 6 heteroatoms. The van der Waals surface area contributed by atoms with Crippen LogP contribution in [-0.4, -0.2) is 26.1 Å². The molecule has 1 saturated carbocycles. The van der Waals surface area contributed by atoms with Gasteiger partial charge in [-0.1, -0.05) is 26.0 Å². The molecular weight excluding hydrogens is 372 g/mol. The molecule has 1 aromatic rings. The van der Waals surface area contributed by atoms with Crippen LogP contribution in [0.25, 0.3) is 0 Å². The summed E-state index contributed by atoms with van der Waals surface area (Å²) in [5, 5.41) is 2.51. The highest BCUT2D eigenvalue weighted by Gasteiger charge is 2.24. The van der Waals surface area contributed by atoms with Gasteiger partial charge < -0.3 is 5.32 Å². The van der Waals surface area contributed by atoms with Crippen molar-refractivity contribution >= 4 is 21.6 Å². The number of hydrogen-bond acceptors (Lipinski definition) is 3. The van der Waals surface area contributed by atoms with Gasteiger partial charge >= 0.3 is 0 Å². The van der Waals surface area contributed by atoms with Crippen LogP contribution in [0.15, 0.2) is 24.3 Å². The summed E-state index contributed by atoms with van der Waals surface area (Å²) in [6, 6.07) is 8.28. The Morgan fingerprint density at radius 1 is 1.04 bits per heavy atom. The van der Waals surface area contributed by atoms with Crippen LogP contribution in [0.2, 0.25) is 0 Å². The van der Waals surface area contributed by atoms with E-state index in [4.69, 9.17) is 0 Å². The van der Waals surface area contributed by atoms with Crippen LogP contribution in [0.1, 0.15) is 77.7 Å². The second-order valence-electron chi connectivity index (χ2n) is 8.73. The van der Waals surface area contributed by atoms with Crippen molar-refractivity contribution in [1.29, 1.82) is 0 Å². The number of amides is 1. The fraction of sp³-hybridized carbons (Fsp3) is 0.682. The second kappa shape index (κ2) is 10.4. The Morgan fingerprint density at radius 3 is 2.21 bits per heavy atom. The summed E-state index contributed by atoms with van der Waals surface area (Å²) in [4.78, 5) is 12.1. The van der Waals surface area contributed by atoms with Gasteiger partial charge in [0.25, 0.3) is 0 Å². The lowest BCUT2D eigenvalue weighted by Gasteiger charge is -2.31. The van der Waals surface area contributed by atoms with Crippen molar-refractivity contribution < 1.29 is 13.2 Å². The van der Waals surface area contributed by atoms with E-state index in [2.05, 4.69) is 36.0 Å². The first-order valence-electron chi connectivity index (χ1n) is 10.6. The van der Waals surface area contributed by atoms with E-state index in [1.807, 2.05) is 12.1 Å². The van der Waals surface area contributed by atoms with E-state index in [1.165, 1.54) is 24.8 Å². The lowest BCUT2D eigenvalue weighted by molar-refractivity contribution is -0.116. The lowest BCUT2D eigenvalue weighted by atomic mass is 9.74. The van der Waals surface area contributed by atoms with E-state index >= 15 is 0 Å². The molecule has 0 bridgehead atoms. The predicted octanol–water partition coefficient (Wildman–Crippen LogP) is 4.66. The van der Waals surface area contributed by atoms with Crippen molar-refractivity contribution in [2.24, 2.45) is 11.8 Å². The van der Waals surface area contributed by atoms with E-state index in [0.717, 1.165) is 17.5 Å². The highest BCUT2D eigenvalue weighted by atomic mass is 32.2. The summed E-state index contributed by atoms with van der Waals surface area (Å²) in [7, 11) is -3.22. The molecule has 1 aliphatic carbocycles. The first-order valence-corrected chi connectivity index (χ1v) is 12.1. The summed E-state index contributed by atoms with van der Waals surface area (Å²) in [5.74, 6) is 2.15. The van der Waals surface area contributed by atoms with Gasteiger partial charge in [-0.25, -0.2) is 13.1 Å². The van der Waals surface area contributed by atoms with Gasteiger partial charge in [0.05, 0.1) is 5.25 Å². The third-order valence-corrected chi connectivity index (χ3v) is 7.45. The highest BCUT2D eigenvalue weighted by molar-refractivity contribution is 7.90. The molecule has 0 saturated heterocycles. The number of rotatable bonds is 9. The zero-order valence-electron chi connectivity index (χ0n) is 17.7. The topological polar surface area (TPSA) is 75.3 Å². The average molecular weight is 409 g/mol. The number of carbonyl (C=O) groups excluding carboxylic acids is 1. The zero-order valence-corrected chi connectivity index (χ0v) is 18.5. The third kappa shape index (κ3) is 7.21. The minimum Gasteiger partial charge on any atom is -0.326 e. The maximum absolute atomic E-state index is 12.1. The molecular formula is C22H36N2O3S. The molecule has 1 aliphatic rings. The molecule has 0 heterocycles. The van der Waals surface area contributed by atoms with Gasteiger partial charge in [-0.3, -0.25) is 4.79 Å². The molecule has 2 rings (SSSR count). The van der Waals surface area contributed by atoms with Crippen LogP contribution in [0.3, 0.4) is 0 Å². The molecule has 5 nitrogen and oxygen atoms in total. The number of nitrogens with one attached hydrogen (secondary N) is 2. The Kier molecular flexibility index (Phi) is 8.50. The summed E-state index contributed by atoms with van der Waals surface area (Å²) < 4.78 is 25.9. The first-order chi connectivity index (χ1) is 13.2. The fourth-order valence-corrected chi connectivity index (χ4v) is 4.84. The van der Waals surface area contributed by atoms with Gasteiger partial charge in [-0.2, -0.15) is 0 Å². The minimum absolute atomic E-state index is 0.0284. The summed E-state index contributed by atoms with van der Waals surface area (Å²) in [6.45, 7) is 8.35. The molecule has 28 heavy (non-hydrogen) atoms. The van der Waals surface area contributed by atoms with Crippen LogP contribution in [0.5, 0.6) is 0 Å². The number of hydrogen-bond donors (Lipinski definition) is 2. The maximum Gasteiger partial charge on any atom is 0.224 e. The molecule has 1 amide bonds. The van der Waals surface area contributed by atoms with E-state index in [0.29, 0.717) is 31.7 Å². The quantitative estimate of drug-likeness (QED) is 0.583. The third-order valence-electron chi connectivity index (χ3n) is 5.60. The molecule has 2 N–H and O–H groups in total. The van der Waals surface area contributed by atoms with Gasteiger partial charge in [0.1, 0.15) is 0 Å². The molecule has 0 radical (unpaired) electrons. The Hall–Kier alpha value is -1.40. The molecule has 0 spiro atoms. The number of unbranched alkanes of at least 4 members (excludes halogenated alkanes) is 1. The summed E-state index contributed by atoms with van der Waals surface area (Å²) in [5.41, 5.74) is 2.19. The molecule has 158 valence electrons. The highest BCUT2D eigenvalue weighted by Crippen LogP contribution is 2.39. The smallest absolute Gasteiger partial charge is 0.224 e. The Morgan fingerprint density at radius 2 is 1.64 bits per heavy atom. The number of anilines is 1. The predicted molar refractivity (Wildman–Crippen MR) is 116 cm³/mol. The maximum atomic E-state index is 12.1. The van der Waals surface area contributed by atoms with Crippen LogP contribution < -0.4 is 10.0 Å². The number of benzene rings is 1. The van der Waals surface area contributed by atoms with Crippen molar-refractivity contribution in [3.05, 3.63) is 29.8 Å². The molecule has 0 aromatic heterocycles. The Bertz CT molecular complexity index is 719. The molecule has 0 aliphatic heterocycles. The van der Waals surface area contributed by atoms with Crippen LogP contribution in [-0.2, 0) is 14.8 Å². The van der Waals surface area contributed by atoms with Gasteiger partial charge in [0, 0.05) is 18.7 Å². The SMILES string of the molecule is CC1CC(C)CC(c2ccc(NC(=O)CCCCNS(=O)(=O)C(C)C)cc2)C1. The summed E-state index contributed by atoms with van der Waals surface area (Å²) in [6.07, 6.45) is 5.51. The average Bonchev–Trinajstić information content (AvgIpc) is 2.61. The van der Waals surface area contributed by atoms with Gasteiger partial charge in [0.15, 0.2) is 0 Å². The molecule has 1 fully saturated rings. The second-order valence-corrected chi connectivity index (χ2v) is 11.1. The van der Waals surface area contributed by atoms with E-state index in [9.17, 15) is 13.2 Å². The van der Waals surface area contributed by atoms with Crippen molar-refractivity contribution in [2.75, 3.05) is 11.9 Å². The van der Waals surface area contributed by atoms with Crippen molar-refractivity contribution in [3.63, 3.8) is 0 Å². The van der Waals surface area contributed by atoms with E-state index in [-0.39, 0.29) is 5.91 Å². The van der Waals surface area contributed by atoms with Gasteiger partial charge in [-0.15, -0.1) is 0 Å². The Labute approximate surface area is 170 Å². The Balaban J connectivity index is 1.72. The minimum atomic E-state index is -3.22. The van der Waals surface area contributed by atoms with Crippen molar-refractivity contribution in [2.45, 2.75) is 77.4 Å². The standard InChI is InChI=1S/C22H36N2O3S/c1-16(2)28(26,27)23-12-6-5-7-22(25)24-21-10-8-19(9-11-21)20-14-17(3)13-18(4)15-20/h8-11,16-18,20,23H,5-7,12-15H2,1-4H3,(H,24,25). The van der Waals surface area contributed by atoms with Crippen LogP contribution in [0.4, 0.5) is 5.69 Å². The van der Waals surface area contributed by atoms with E-state index in [1.54, 1.807) is 13.8 Å². The van der Waals surface area contributed by atoms with Crippen LogP contribution >= 0.6 is 0 Å². The normalized spacial score (nSPS) is 23.0. The number of carbonyl (C=O) groups is 1. The lowest BCUT2D eigenvalue weighted by Crippen LogP contribution is -2.31.